The summed E-state index contributed by atoms with van der Waals surface area (Å²) in [4.78, 5) is 21.2. The maximum absolute atomic E-state index is 11.1. The molecule has 0 spiro atoms. The molecule has 17 heavy (non-hydrogen) atoms. The minimum atomic E-state index is -5.01. The second kappa shape index (κ2) is 10.5. The van der Waals surface area contributed by atoms with E-state index in [1.54, 1.807) is 0 Å². The van der Waals surface area contributed by atoms with Crippen LogP contribution in [0.4, 0.5) is 0 Å². The van der Waals surface area contributed by atoms with E-state index in [4.69, 9.17) is 0 Å². The predicted molar refractivity (Wildman–Crippen MR) is 46.3 cm³/mol. The first-order valence-corrected chi connectivity index (χ1v) is 5.29. The van der Waals surface area contributed by atoms with Gasteiger partial charge in [-0.3, -0.25) is 4.79 Å². The van der Waals surface area contributed by atoms with Crippen LogP contribution >= 0.6 is 0 Å². The summed E-state index contributed by atoms with van der Waals surface area (Å²) < 4.78 is 31.6. The summed E-state index contributed by atoms with van der Waals surface area (Å²) in [5, 5.41) is 9.97. The molecule has 0 aromatic carbocycles. The number of carbonyl (C=O) groups excluding carboxylic acids is 2. The summed E-state index contributed by atoms with van der Waals surface area (Å²) in [7, 11) is -5.01. The summed E-state index contributed by atoms with van der Waals surface area (Å²) >= 11 is 0. The minimum Gasteiger partial charge on any atom is -0.747 e. The summed E-state index contributed by atoms with van der Waals surface area (Å²) in [6, 6.07) is 0. The first kappa shape index (κ1) is 22.7. The molecule has 0 saturated carbocycles. The van der Waals surface area contributed by atoms with E-state index < -0.39 is 33.7 Å². The molecular formula is C7H9NNa2O6S. The van der Waals surface area contributed by atoms with Crippen LogP contribution in [0.2, 0.25) is 0 Å². The van der Waals surface area contributed by atoms with Gasteiger partial charge in [0.15, 0.2) is 0 Å². The molecule has 0 fully saturated rings. The molecular weight excluding hydrogens is 272 g/mol. The van der Waals surface area contributed by atoms with Gasteiger partial charge in [0.25, 0.3) is 0 Å². The SMILES string of the molecule is C=CCNC(=O)C(CC(=O)[O-])S(=O)(=O)[O-].[Na+].[Na+]. The van der Waals surface area contributed by atoms with Crippen LogP contribution in [0.15, 0.2) is 12.7 Å². The van der Waals surface area contributed by atoms with Crippen molar-refractivity contribution < 1.29 is 86.8 Å². The summed E-state index contributed by atoms with van der Waals surface area (Å²) in [5.74, 6) is -2.96. The van der Waals surface area contributed by atoms with Crippen molar-refractivity contribution in [2.75, 3.05) is 6.54 Å². The van der Waals surface area contributed by atoms with Crippen LogP contribution in [0.3, 0.4) is 0 Å². The molecule has 0 aromatic heterocycles. The van der Waals surface area contributed by atoms with E-state index in [-0.39, 0.29) is 65.7 Å². The van der Waals surface area contributed by atoms with Crippen LogP contribution in [-0.2, 0) is 19.7 Å². The Kier molecular flexibility index (Phi) is 14.1. The molecule has 0 saturated heterocycles. The van der Waals surface area contributed by atoms with E-state index in [2.05, 4.69) is 6.58 Å². The molecule has 0 heterocycles. The fourth-order valence-electron chi connectivity index (χ4n) is 0.764. The van der Waals surface area contributed by atoms with Crippen molar-refractivity contribution in [1.29, 1.82) is 0 Å². The van der Waals surface area contributed by atoms with Crippen molar-refractivity contribution >= 4 is 22.0 Å². The van der Waals surface area contributed by atoms with Crippen LogP contribution < -0.4 is 69.5 Å². The zero-order valence-corrected chi connectivity index (χ0v) is 14.5. The third kappa shape index (κ3) is 10.2. The van der Waals surface area contributed by atoms with Gasteiger partial charge in [0.1, 0.15) is 15.4 Å². The first-order valence-electron chi connectivity index (χ1n) is 3.82. The van der Waals surface area contributed by atoms with Crippen molar-refractivity contribution in [3.05, 3.63) is 12.7 Å². The normalized spacial score (nSPS) is 11.4. The molecule has 1 amide bonds. The van der Waals surface area contributed by atoms with Gasteiger partial charge >= 0.3 is 59.1 Å². The number of carboxylic acids is 1. The summed E-state index contributed by atoms with van der Waals surface area (Å²) in [6.45, 7) is 3.19. The van der Waals surface area contributed by atoms with Crippen LogP contribution in [0.1, 0.15) is 6.42 Å². The van der Waals surface area contributed by atoms with Crippen molar-refractivity contribution in [2.24, 2.45) is 0 Å². The monoisotopic (exact) mass is 281 g/mol. The fourth-order valence-corrected chi connectivity index (χ4v) is 1.45. The Hall–Kier alpha value is 0.590. The van der Waals surface area contributed by atoms with Gasteiger partial charge in [-0.1, -0.05) is 6.08 Å². The molecule has 0 bridgehead atoms. The molecule has 0 radical (unpaired) electrons. The summed E-state index contributed by atoms with van der Waals surface area (Å²) in [5.41, 5.74) is 0. The van der Waals surface area contributed by atoms with E-state index in [0.29, 0.717) is 0 Å². The Morgan fingerprint density at radius 2 is 1.82 bits per heavy atom. The van der Waals surface area contributed by atoms with Gasteiger partial charge in [0.05, 0.1) is 0 Å². The Balaban J connectivity index is -0.000000980. The van der Waals surface area contributed by atoms with Gasteiger partial charge < -0.3 is 19.8 Å². The zero-order valence-electron chi connectivity index (χ0n) is 9.63. The molecule has 1 N–H and O–H groups in total. The third-order valence-electron chi connectivity index (χ3n) is 1.41. The van der Waals surface area contributed by atoms with Crippen LogP contribution in [0, 0.1) is 0 Å². The summed E-state index contributed by atoms with van der Waals surface area (Å²) in [6.07, 6.45) is 0.0974. The first-order chi connectivity index (χ1) is 6.79. The largest absolute Gasteiger partial charge is 1.00 e. The predicted octanol–water partition coefficient (Wildman–Crippen LogP) is -8.65. The van der Waals surface area contributed by atoms with Crippen molar-refractivity contribution in [2.45, 2.75) is 11.7 Å². The van der Waals surface area contributed by atoms with Crippen molar-refractivity contribution in [3.63, 3.8) is 0 Å². The molecule has 86 valence electrons. The Bertz CT molecular complexity index is 369. The molecule has 0 rings (SSSR count). The van der Waals surface area contributed by atoms with Crippen LogP contribution in [0.25, 0.3) is 0 Å². The third-order valence-corrected chi connectivity index (χ3v) is 2.49. The molecule has 10 heteroatoms. The number of hydrogen-bond donors (Lipinski definition) is 1. The van der Waals surface area contributed by atoms with Gasteiger partial charge in [-0.15, -0.1) is 6.58 Å². The van der Waals surface area contributed by atoms with Crippen molar-refractivity contribution in [1.82, 2.24) is 5.32 Å². The molecule has 0 aliphatic heterocycles. The number of nitrogens with one attached hydrogen (secondary N) is 1. The van der Waals surface area contributed by atoms with Gasteiger partial charge in [-0.2, -0.15) is 0 Å². The Morgan fingerprint density at radius 3 is 2.12 bits per heavy atom. The zero-order chi connectivity index (χ0) is 12.1. The minimum absolute atomic E-state index is 0. The second-order valence-corrected chi connectivity index (χ2v) is 4.15. The number of hydrogen-bond acceptors (Lipinski definition) is 6. The van der Waals surface area contributed by atoms with E-state index in [0.717, 1.165) is 0 Å². The molecule has 0 aliphatic rings. The molecule has 0 aliphatic carbocycles. The molecule has 7 nitrogen and oxygen atoms in total. The van der Waals surface area contributed by atoms with Crippen LogP contribution in [-0.4, -0.2) is 36.6 Å². The van der Waals surface area contributed by atoms with Gasteiger partial charge in [-0.25, -0.2) is 8.42 Å². The Labute approximate surface area is 143 Å². The molecule has 0 aromatic rings. The Morgan fingerprint density at radius 1 is 1.35 bits per heavy atom. The number of carboxylic acid groups (broad SMARTS) is 1. The number of rotatable bonds is 6. The maximum Gasteiger partial charge on any atom is 1.00 e. The maximum atomic E-state index is 11.1. The number of aliphatic carboxylic acids is 1. The standard InChI is InChI=1S/C7H11NO6S.2Na/c1-2-3-8-7(11)5(4-6(9)10)15(12,13)14;;/h2,5H,1,3-4H2,(H,8,11)(H,9,10)(H,12,13,14);;/q;2*+1/p-2. The average Bonchev–Trinajstić information content (AvgIpc) is 2.08. The van der Waals surface area contributed by atoms with Crippen molar-refractivity contribution in [3.8, 4) is 0 Å². The van der Waals surface area contributed by atoms with E-state index in [1.807, 2.05) is 5.32 Å². The van der Waals surface area contributed by atoms with E-state index in [9.17, 15) is 27.7 Å². The smallest absolute Gasteiger partial charge is 0.747 e. The number of carbonyl (C=O) groups is 2. The number of amides is 1. The van der Waals surface area contributed by atoms with Gasteiger partial charge in [0.2, 0.25) is 5.91 Å². The molecule has 1 atom stereocenters. The topological polar surface area (TPSA) is 126 Å². The fraction of sp³-hybridized carbons (Fsp3) is 0.429. The van der Waals surface area contributed by atoms with Gasteiger partial charge in [0, 0.05) is 18.9 Å². The quantitative estimate of drug-likeness (QED) is 0.293. The average molecular weight is 281 g/mol. The van der Waals surface area contributed by atoms with Crippen LogP contribution in [0.5, 0.6) is 0 Å². The molecule has 1 unspecified atom stereocenters. The second-order valence-electron chi connectivity index (χ2n) is 2.59. The van der Waals surface area contributed by atoms with Gasteiger partial charge in [-0.05, 0) is 0 Å². The van der Waals surface area contributed by atoms with E-state index in [1.165, 1.54) is 6.08 Å². The van der Waals surface area contributed by atoms with E-state index >= 15 is 0 Å².